The van der Waals surface area contributed by atoms with Gasteiger partial charge in [0.2, 0.25) is 0 Å². The number of aromatic nitrogens is 4. The van der Waals surface area contributed by atoms with Crippen LogP contribution in [-0.2, 0) is 11.2 Å². The smallest absolute Gasteiger partial charge is 0.307 e. The Morgan fingerprint density at radius 2 is 1.94 bits per heavy atom. The van der Waals surface area contributed by atoms with Gasteiger partial charge in [0, 0.05) is 22.0 Å². The molecule has 3 aliphatic carbocycles. The van der Waals surface area contributed by atoms with E-state index in [0.29, 0.717) is 21.5 Å². The van der Waals surface area contributed by atoms with Crippen molar-refractivity contribution in [2.24, 2.45) is 23.7 Å². The Balaban J connectivity index is 1.50. The number of nitrogens with one attached hydrogen (secondary N) is 1. The fourth-order valence-electron chi connectivity index (χ4n) is 6.11. The lowest BCUT2D eigenvalue weighted by molar-refractivity contribution is -0.152. The van der Waals surface area contributed by atoms with Gasteiger partial charge in [-0.1, -0.05) is 0 Å². The number of carboxylic acid groups (broad SMARTS) is 1. The van der Waals surface area contributed by atoms with E-state index in [1.807, 2.05) is 19.1 Å². The van der Waals surface area contributed by atoms with Gasteiger partial charge in [-0.25, -0.2) is 23.7 Å². The van der Waals surface area contributed by atoms with Crippen molar-refractivity contribution in [3.05, 3.63) is 52.8 Å². The maximum atomic E-state index is 15.9. The molecule has 35 heavy (non-hydrogen) atoms. The predicted octanol–water partition coefficient (Wildman–Crippen LogP) is 6.01. The summed E-state index contributed by atoms with van der Waals surface area (Å²) in [5.74, 6) is -1.80. The average Bonchev–Trinajstić information content (AvgIpc) is 3.46. The van der Waals surface area contributed by atoms with E-state index in [-0.39, 0.29) is 41.4 Å². The number of thiophene rings is 1. The van der Waals surface area contributed by atoms with Crippen LogP contribution in [0.3, 0.4) is 0 Å². The molecule has 0 saturated heterocycles. The Hall–Kier alpha value is -3.20. The quantitative estimate of drug-likeness (QED) is 0.354. The molecule has 0 spiro atoms. The molecule has 3 fully saturated rings. The van der Waals surface area contributed by atoms with E-state index in [4.69, 9.17) is 0 Å². The first kappa shape index (κ1) is 22.3. The Labute approximate surface area is 204 Å². The normalized spacial score (nSPS) is 23.7. The molecular formula is C26H24F2N4O2S. The first-order valence-electron chi connectivity index (χ1n) is 11.9. The molecule has 9 heteroatoms. The maximum absolute atomic E-state index is 15.9. The molecule has 6 nitrogen and oxygen atoms in total. The number of H-pyrrole nitrogens is 1. The zero-order valence-corrected chi connectivity index (χ0v) is 19.9. The van der Waals surface area contributed by atoms with Crippen molar-refractivity contribution in [3.8, 4) is 22.0 Å². The van der Waals surface area contributed by atoms with Crippen LogP contribution in [0.5, 0.6) is 0 Å². The average molecular weight is 495 g/mol. The second-order valence-electron chi connectivity index (χ2n) is 9.73. The van der Waals surface area contributed by atoms with Crippen LogP contribution in [0, 0.1) is 42.2 Å². The van der Waals surface area contributed by atoms with E-state index in [9.17, 15) is 14.3 Å². The Kier molecular flexibility index (Phi) is 5.40. The number of fused-ring (bicyclic) bond motifs is 4. The fourth-order valence-corrected chi connectivity index (χ4v) is 6.96. The second kappa shape index (κ2) is 8.48. The summed E-state index contributed by atoms with van der Waals surface area (Å²) in [5, 5.41) is 10.5. The summed E-state index contributed by atoms with van der Waals surface area (Å²) in [6.07, 6.45) is 6.81. The number of carbonyl (C=O) groups is 1. The highest BCUT2D eigenvalue weighted by Gasteiger charge is 2.47. The molecule has 0 amide bonds. The molecule has 0 aromatic carbocycles. The van der Waals surface area contributed by atoms with Crippen molar-refractivity contribution in [1.82, 2.24) is 19.9 Å². The number of hydrogen-bond acceptors (Lipinski definition) is 5. The van der Waals surface area contributed by atoms with Gasteiger partial charge in [0.1, 0.15) is 17.2 Å². The highest BCUT2D eigenvalue weighted by atomic mass is 32.1. The minimum Gasteiger partial charge on any atom is -0.481 e. The van der Waals surface area contributed by atoms with Crippen LogP contribution in [0.25, 0.3) is 33.0 Å². The number of aliphatic carboxylic acids is 1. The predicted molar refractivity (Wildman–Crippen MR) is 129 cm³/mol. The standard InChI is InChI=1S/C26H24F2N4O2S/c1-12-2-7-20(35-12)23-22(28)19(9-16-13-3-5-14(6-4-13)21(16)26(33)34)31-25(32-23)18-11-30-24-17(18)8-15(27)10-29-24/h2,7-8,10-11,13-14,16,21H,3-6,9H2,1H3,(H,29,30)(H,33,34). The third-order valence-electron chi connectivity index (χ3n) is 7.74. The van der Waals surface area contributed by atoms with Gasteiger partial charge in [-0.2, -0.15) is 0 Å². The van der Waals surface area contributed by atoms with Crippen LogP contribution in [0.2, 0.25) is 0 Å². The minimum absolute atomic E-state index is 0.133. The number of hydrogen-bond donors (Lipinski definition) is 2. The number of pyridine rings is 1. The van der Waals surface area contributed by atoms with Crippen molar-refractivity contribution in [2.45, 2.75) is 39.0 Å². The topological polar surface area (TPSA) is 91.8 Å². The van der Waals surface area contributed by atoms with Crippen LogP contribution in [0.1, 0.15) is 36.3 Å². The van der Waals surface area contributed by atoms with Gasteiger partial charge in [-0.05, 0) is 75.0 Å². The Morgan fingerprint density at radius 1 is 1.17 bits per heavy atom. The lowest BCUT2D eigenvalue weighted by atomic mass is 9.57. The summed E-state index contributed by atoms with van der Waals surface area (Å²) in [5.41, 5.74) is 1.43. The molecule has 4 heterocycles. The molecule has 2 unspecified atom stereocenters. The number of aryl methyl sites for hydroxylation is 1. The Morgan fingerprint density at radius 3 is 2.66 bits per heavy atom. The van der Waals surface area contributed by atoms with Gasteiger partial charge in [-0.3, -0.25) is 4.79 Å². The van der Waals surface area contributed by atoms with E-state index in [0.717, 1.165) is 36.8 Å². The van der Waals surface area contributed by atoms with Crippen LogP contribution in [0.15, 0.2) is 30.6 Å². The molecule has 2 bridgehead atoms. The SMILES string of the molecule is Cc1ccc(-c2nc(-c3c[nH]c4ncc(F)cc34)nc(CC3C4CCC(CC4)C3C(=O)O)c2F)s1. The largest absolute Gasteiger partial charge is 0.481 e. The highest BCUT2D eigenvalue weighted by Crippen LogP contribution is 2.50. The van der Waals surface area contributed by atoms with E-state index < -0.39 is 23.5 Å². The van der Waals surface area contributed by atoms with E-state index in [2.05, 4.69) is 19.9 Å². The molecule has 2 atom stereocenters. The zero-order valence-electron chi connectivity index (χ0n) is 19.1. The molecule has 180 valence electrons. The molecule has 4 aromatic rings. The van der Waals surface area contributed by atoms with Crippen molar-refractivity contribution >= 4 is 28.3 Å². The number of carboxylic acids is 1. The lowest BCUT2D eigenvalue weighted by Gasteiger charge is -2.46. The summed E-state index contributed by atoms with van der Waals surface area (Å²) in [7, 11) is 0. The van der Waals surface area contributed by atoms with Gasteiger partial charge in [0.05, 0.1) is 22.7 Å². The maximum Gasteiger partial charge on any atom is 0.307 e. The van der Waals surface area contributed by atoms with Gasteiger partial charge in [0.25, 0.3) is 0 Å². The van der Waals surface area contributed by atoms with Crippen LogP contribution >= 0.6 is 11.3 Å². The molecule has 7 rings (SSSR count). The third-order valence-corrected chi connectivity index (χ3v) is 8.74. The van der Waals surface area contributed by atoms with Crippen molar-refractivity contribution in [3.63, 3.8) is 0 Å². The van der Waals surface area contributed by atoms with E-state index >= 15 is 4.39 Å². The Bertz CT molecular complexity index is 1440. The van der Waals surface area contributed by atoms with Crippen molar-refractivity contribution in [2.75, 3.05) is 0 Å². The number of halogens is 2. The van der Waals surface area contributed by atoms with Crippen molar-refractivity contribution in [1.29, 1.82) is 0 Å². The van der Waals surface area contributed by atoms with E-state index in [1.165, 1.54) is 17.4 Å². The van der Waals surface area contributed by atoms with Crippen LogP contribution in [0.4, 0.5) is 8.78 Å². The second-order valence-corrected chi connectivity index (χ2v) is 11.0. The monoisotopic (exact) mass is 494 g/mol. The summed E-state index contributed by atoms with van der Waals surface area (Å²) < 4.78 is 29.9. The van der Waals surface area contributed by atoms with Crippen LogP contribution < -0.4 is 0 Å². The van der Waals surface area contributed by atoms with Gasteiger partial charge < -0.3 is 10.1 Å². The first-order chi connectivity index (χ1) is 16.9. The summed E-state index contributed by atoms with van der Waals surface area (Å²) in [6.45, 7) is 1.94. The molecule has 0 aliphatic heterocycles. The summed E-state index contributed by atoms with van der Waals surface area (Å²) in [6, 6.07) is 5.10. The van der Waals surface area contributed by atoms with Crippen LogP contribution in [-0.4, -0.2) is 31.0 Å². The highest BCUT2D eigenvalue weighted by molar-refractivity contribution is 7.15. The number of rotatable bonds is 5. The summed E-state index contributed by atoms with van der Waals surface area (Å²) >= 11 is 1.43. The van der Waals surface area contributed by atoms with Gasteiger partial charge >= 0.3 is 5.97 Å². The van der Waals surface area contributed by atoms with E-state index in [1.54, 1.807) is 6.20 Å². The minimum atomic E-state index is -0.800. The fraction of sp³-hybridized carbons (Fsp3) is 0.385. The molecular weight excluding hydrogens is 470 g/mol. The van der Waals surface area contributed by atoms with Crippen molar-refractivity contribution < 1.29 is 18.7 Å². The number of aromatic amines is 1. The molecule has 2 N–H and O–H groups in total. The molecule has 4 aromatic heterocycles. The zero-order chi connectivity index (χ0) is 24.3. The summed E-state index contributed by atoms with van der Waals surface area (Å²) in [4.78, 5) is 30.2. The molecule has 0 radical (unpaired) electrons. The molecule has 3 saturated carbocycles. The van der Waals surface area contributed by atoms with Gasteiger partial charge in [0.15, 0.2) is 11.6 Å². The van der Waals surface area contributed by atoms with Gasteiger partial charge in [-0.15, -0.1) is 11.3 Å². The molecule has 3 aliphatic rings. The third kappa shape index (κ3) is 3.82. The lowest BCUT2D eigenvalue weighted by Crippen LogP contribution is -2.45. The first-order valence-corrected chi connectivity index (χ1v) is 12.7. The number of nitrogens with zero attached hydrogens (tertiary/aromatic N) is 3.